The number of nitrogens with zero attached hydrogens (tertiary/aromatic N) is 2. The zero-order valence-corrected chi connectivity index (χ0v) is 19.4. The van der Waals surface area contributed by atoms with Gasteiger partial charge in [0.1, 0.15) is 18.5 Å². The van der Waals surface area contributed by atoms with Gasteiger partial charge in [0.15, 0.2) is 0 Å². The molecule has 0 spiro atoms. The van der Waals surface area contributed by atoms with Crippen molar-refractivity contribution in [2.24, 2.45) is 11.8 Å². The highest BCUT2D eigenvalue weighted by Gasteiger charge is 2.44. The number of aldehydes is 1. The summed E-state index contributed by atoms with van der Waals surface area (Å²) >= 11 is 0. The molecule has 3 aliphatic heterocycles. The van der Waals surface area contributed by atoms with Crippen LogP contribution in [0, 0.1) is 11.8 Å². The third-order valence-corrected chi connectivity index (χ3v) is 7.52. The third-order valence-electron chi connectivity index (χ3n) is 7.52. The Labute approximate surface area is 193 Å². The molecule has 1 aromatic carbocycles. The fraction of sp³-hybridized carbons (Fsp3) is 0.600. The summed E-state index contributed by atoms with van der Waals surface area (Å²) in [6.07, 6.45) is -0.460. The molecule has 0 aromatic heterocycles. The summed E-state index contributed by atoms with van der Waals surface area (Å²) in [5.41, 5.74) is 3.61. The van der Waals surface area contributed by atoms with Crippen LogP contribution in [-0.2, 0) is 32.3 Å². The molecule has 2 unspecified atom stereocenters. The highest BCUT2D eigenvalue weighted by Crippen LogP contribution is 2.34. The first-order chi connectivity index (χ1) is 15.7. The van der Waals surface area contributed by atoms with Crippen LogP contribution in [-0.4, -0.2) is 58.6 Å². The molecule has 7 nitrogen and oxygen atoms in total. The Hall–Kier alpha value is -2.77. The third kappa shape index (κ3) is 4.52. The Morgan fingerprint density at radius 2 is 1.97 bits per heavy atom. The van der Waals surface area contributed by atoms with Crippen LogP contribution < -0.4 is 5.32 Å². The van der Waals surface area contributed by atoms with Gasteiger partial charge in [-0.1, -0.05) is 39.0 Å². The average Bonchev–Trinajstić information content (AvgIpc) is 3.48. The van der Waals surface area contributed by atoms with E-state index >= 15 is 0 Å². The summed E-state index contributed by atoms with van der Waals surface area (Å²) in [6, 6.07) is 4.60. The Kier molecular flexibility index (Phi) is 6.54. The van der Waals surface area contributed by atoms with Crippen molar-refractivity contribution in [2.75, 3.05) is 6.54 Å². The van der Waals surface area contributed by atoms with Gasteiger partial charge in [0.2, 0.25) is 17.7 Å². The quantitative estimate of drug-likeness (QED) is 0.665. The molecule has 0 saturated carbocycles. The average molecular weight is 458 g/mol. The number of carbonyl (C=O) groups is 4. The molecule has 0 bridgehead atoms. The van der Waals surface area contributed by atoms with Crippen molar-refractivity contribution in [2.45, 2.75) is 77.3 Å². The highest BCUT2D eigenvalue weighted by atomic mass is 19.1. The molecular weight excluding hydrogens is 425 g/mol. The minimum atomic E-state index is -1.24. The second-order valence-electron chi connectivity index (χ2n) is 9.99. The van der Waals surface area contributed by atoms with Gasteiger partial charge in [0.05, 0.1) is 12.6 Å². The van der Waals surface area contributed by atoms with E-state index in [-0.39, 0.29) is 37.6 Å². The van der Waals surface area contributed by atoms with Crippen molar-refractivity contribution in [3.63, 3.8) is 0 Å². The Morgan fingerprint density at radius 3 is 2.67 bits per heavy atom. The van der Waals surface area contributed by atoms with E-state index in [0.717, 1.165) is 5.56 Å². The molecule has 3 heterocycles. The van der Waals surface area contributed by atoms with Crippen LogP contribution in [0.25, 0.3) is 0 Å². The summed E-state index contributed by atoms with van der Waals surface area (Å²) in [7, 11) is 0. The maximum atomic E-state index is 13.7. The van der Waals surface area contributed by atoms with Crippen molar-refractivity contribution in [3.8, 4) is 0 Å². The van der Waals surface area contributed by atoms with Gasteiger partial charge < -0.3 is 19.9 Å². The van der Waals surface area contributed by atoms with Gasteiger partial charge in [0, 0.05) is 31.8 Å². The number of hydrogen-bond acceptors (Lipinski definition) is 4. The summed E-state index contributed by atoms with van der Waals surface area (Å²) in [4.78, 5) is 52.6. The van der Waals surface area contributed by atoms with Gasteiger partial charge >= 0.3 is 0 Å². The first kappa shape index (κ1) is 23.4. The number of likely N-dealkylation sites (tertiary alicyclic amines) is 1. The Morgan fingerprint density at radius 1 is 1.21 bits per heavy atom. The van der Waals surface area contributed by atoms with Crippen molar-refractivity contribution in [1.29, 1.82) is 0 Å². The van der Waals surface area contributed by atoms with Crippen LogP contribution in [0.5, 0.6) is 0 Å². The first-order valence-electron chi connectivity index (χ1n) is 11.8. The van der Waals surface area contributed by atoms with E-state index in [2.05, 4.69) is 32.2 Å². The number of alkyl halides is 1. The number of benzene rings is 1. The molecule has 2 saturated heterocycles. The van der Waals surface area contributed by atoms with Crippen molar-refractivity contribution >= 4 is 24.0 Å². The SMILES string of the molecule is CC(C)C(C)c1cccc2c1CN(C(=O)C[C@@H]1C[C@@H](C(=O)N3CC(F)C[C@H]3C=O)NC1=O)C2. The molecule has 8 heteroatoms. The van der Waals surface area contributed by atoms with Crippen molar-refractivity contribution in [1.82, 2.24) is 15.1 Å². The summed E-state index contributed by atoms with van der Waals surface area (Å²) in [6.45, 7) is 7.49. The Balaban J connectivity index is 1.38. The van der Waals surface area contributed by atoms with Crippen LogP contribution in [0.1, 0.15) is 62.6 Å². The molecule has 4 rings (SSSR count). The molecule has 33 heavy (non-hydrogen) atoms. The van der Waals surface area contributed by atoms with Crippen LogP contribution in [0.3, 0.4) is 0 Å². The fourth-order valence-corrected chi connectivity index (χ4v) is 5.22. The second kappa shape index (κ2) is 9.23. The van der Waals surface area contributed by atoms with Crippen LogP contribution in [0.2, 0.25) is 0 Å². The van der Waals surface area contributed by atoms with E-state index in [9.17, 15) is 23.6 Å². The van der Waals surface area contributed by atoms with Crippen LogP contribution >= 0.6 is 0 Å². The maximum absolute atomic E-state index is 13.7. The molecule has 3 amide bonds. The van der Waals surface area contributed by atoms with E-state index < -0.39 is 30.1 Å². The van der Waals surface area contributed by atoms with E-state index in [0.29, 0.717) is 31.2 Å². The number of carbonyl (C=O) groups excluding carboxylic acids is 4. The fourth-order valence-electron chi connectivity index (χ4n) is 5.22. The number of halogens is 1. The van der Waals surface area contributed by atoms with Crippen LogP contribution in [0.4, 0.5) is 4.39 Å². The minimum Gasteiger partial charge on any atom is -0.344 e. The second-order valence-corrected chi connectivity index (χ2v) is 9.99. The van der Waals surface area contributed by atoms with Gasteiger partial charge in [-0.2, -0.15) is 0 Å². The van der Waals surface area contributed by atoms with Gasteiger partial charge in [-0.3, -0.25) is 14.4 Å². The molecule has 1 aromatic rings. The molecule has 2 fully saturated rings. The first-order valence-corrected chi connectivity index (χ1v) is 11.8. The predicted octanol–water partition coefficient (Wildman–Crippen LogP) is 2.32. The maximum Gasteiger partial charge on any atom is 0.245 e. The smallest absolute Gasteiger partial charge is 0.245 e. The van der Waals surface area contributed by atoms with E-state index in [1.165, 1.54) is 16.0 Å². The lowest BCUT2D eigenvalue weighted by atomic mass is 9.86. The lowest BCUT2D eigenvalue weighted by Gasteiger charge is -2.23. The number of amides is 3. The number of nitrogens with one attached hydrogen (secondary N) is 1. The molecule has 0 aliphatic carbocycles. The van der Waals surface area contributed by atoms with E-state index in [1.807, 2.05) is 12.1 Å². The van der Waals surface area contributed by atoms with Gasteiger partial charge in [0.25, 0.3) is 0 Å². The zero-order chi connectivity index (χ0) is 23.9. The molecule has 1 N–H and O–H groups in total. The van der Waals surface area contributed by atoms with Gasteiger partial charge in [-0.15, -0.1) is 0 Å². The van der Waals surface area contributed by atoms with E-state index in [1.54, 1.807) is 4.90 Å². The number of hydrogen-bond donors (Lipinski definition) is 1. The van der Waals surface area contributed by atoms with E-state index in [4.69, 9.17) is 0 Å². The molecule has 178 valence electrons. The summed E-state index contributed by atoms with van der Waals surface area (Å²) in [5.74, 6) is -0.643. The van der Waals surface area contributed by atoms with Crippen molar-refractivity contribution in [3.05, 3.63) is 34.9 Å². The largest absolute Gasteiger partial charge is 0.344 e. The minimum absolute atomic E-state index is 0.00917. The monoisotopic (exact) mass is 457 g/mol. The van der Waals surface area contributed by atoms with Gasteiger partial charge in [-0.25, -0.2) is 4.39 Å². The zero-order valence-electron chi connectivity index (χ0n) is 19.4. The number of rotatable bonds is 6. The lowest BCUT2D eigenvalue weighted by molar-refractivity contribution is -0.137. The molecule has 3 aliphatic rings. The van der Waals surface area contributed by atoms with Crippen molar-refractivity contribution < 1.29 is 23.6 Å². The van der Waals surface area contributed by atoms with Crippen LogP contribution in [0.15, 0.2) is 18.2 Å². The topological polar surface area (TPSA) is 86.8 Å². The summed E-state index contributed by atoms with van der Waals surface area (Å²) < 4.78 is 13.7. The standard InChI is InChI=1S/C25H32FN3O4/c1-14(2)15(3)20-6-4-5-16-10-28(12-21(16)20)23(31)8-17-7-22(27-24(17)32)25(33)29-11-18(26)9-19(29)13-30/h4-6,13-15,17-19,22H,7-12H2,1-3H3,(H,27,32)/t15?,17-,18?,19-,22-/m0/s1. The number of fused-ring (bicyclic) bond motifs is 1. The Bertz CT molecular complexity index is 965. The summed E-state index contributed by atoms with van der Waals surface area (Å²) in [5, 5.41) is 2.65. The molecule has 5 atom stereocenters. The highest BCUT2D eigenvalue weighted by molar-refractivity contribution is 5.95. The normalized spacial score (nSPS) is 27.6. The molecular formula is C25H32FN3O4. The lowest BCUT2D eigenvalue weighted by Crippen LogP contribution is -2.47. The predicted molar refractivity (Wildman–Crippen MR) is 120 cm³/mol. The molecule has 0 radical (unpaired) electrons. The van der Waals surface area contributed by atoms with Gasteiger partial charge in [-0.05, 0) is 34.9 Å².